The molecule has 1 fully saturated rings. The average molecular weight is 439 g/mol. The Labute approximate surface area is 177 Å². The molecule has 1 aromatic heterocycles. The fraction of sp³-hybridized carbons (Fsp3) is 0.474. The van der Waals surface area contributed by atoms with Gasteiger partial charge in [0.2, 0.25) is 10.9 Å². The molecule has 0 saturated heterocycles. The zero-order valence-corrected chi connectivity index (χ0v) is 17.8. The van der Waals surface area contributed by atoms with E-state index in [9.17, 15) is 9.59 Å². The second kappa shape index (κ2) is 10.8. The van der Waals surface area contributed by atoms with E-state index in [1.54, 1.807) is 24.3 Å². The summed E-state index contributed by atoms with van der Waals surface area (Å²) in [6.07, 6.45) is 7.10. The van der Waals surface area contributed by atoms with E-state index in [-0.39, 0.29) is 11.8 Å². The molecule has 3 rings (SSSR count). The van der Waals surface area contributed by atoms with E-state index in [1.807, 2.05) is 0 Å². The SMILES string of the molecule is O=C(CSCc1nnc(C(=O)Nc2cccc(Cl)c2)s1)NC1CCCCCC1. The van der Waals surface area contributed by atoms with Crippen molar-refractivity contribution in [1.29, 1.82) is 0 Å². The van der Waals surface area contributed by atoms with Gasteiger partial charge >= 0.3 is 0 Å². The molecule has 0 bridgehead atoms. The van der Waals surface area contributed by atoms with Crippen LogP contribution in [0.5, 0.6) is 0 Å². The van der Waals surface area contributed by atoms with Gasteiger partial charge in [0, 0.05) is 22.5 Å². The van der Waals surface area contributed by atoms with E-state index in [1.165, 1.54) is 48.8 Å². The molecule has 28 heavy (non-hydrogen) atoms. The molecule has 2 N–H and O–H groups in total. The number of anilines is 1. The molecular formula is C19H23ClN4O2S2. The lowest BCUT2D eigenvalue weighted by atomic mass is 10.1. The molecule has 0 unspecified atom stereocenters. The molecule has 1 aromatic carbocycles. The zero-order chi connectivity index (χ0) is 19.8. The Morgan fingerprint density at radius 2 is 1.96 bits per heavy atom. The molecule has 0 atom stereocenters. The fourth-order valence-electron chi connectivity index (χ4n) is 3.08. The van der Waals surface area contributed by atoms with Gasteiger partial charge in [-0.05, 0) is 31.0 Å². The van der Waals surface area contributed by atoms with Crippen LogP contribution in [0.4, 0.5) is 5.69 Å². The maximum absolute atomic E-state index is 12.3. The molecule has 6 nitrogen and oxygen atoms in total. The number of nitrogens with zero attached hydrogens (tertiary/aromatic N) is 2. The first-order valence-corrected chi connectivity index (χ1v) is 11.7. The number of amides is 2. The van der Waals surface area contributed by atoms with Gasteiger partial charge in [-0.25, -0.2) is 0 Å². The van der Waals surface area contributed by atoms with Gasteiger partial charge in [-0.3, -0.25) is 9.59 Å². The standard InChI is InChI=1S/C19H23ClN4O2S2/c20-13-6-5-9-15(10-13)22-18(26)19-24-23-17(28-19)12-27-11-16(25)21-14-7-3-1-2-4-8-14/h5-6,9-10,14H,1-4,7-8,11-12H2,(H,21,25)(H,22,26). The summed E-state index contributed by atoms with van der Waals surface area (Å²) in [4.78, 5) is 24.4. The van der Waals surface area contributed by atoms with Gasteiger partial charge in [0.05, 0.1) is 5.75 Å². The van der Waals surface area contributed by atoms with Crippen molar-refractivity contribution in [2.75, 3.05) is 11.1 Å². The zero-order valence-electron chi connectivity index (χ0n) is 15.4. The van der Waals surface area contributed by atoms with Crippen LogP contribution in [0.2, 0.25) is 5.02 Å². The van der Waals surface area contributed by atoms with Crippen LogP contribution in [0, 0.1) is 0 Å². The summed E-state index contributed by atoms with van der Waals surface area (Å²) < 4.78 is 0. The molecule has 1 saturated carbocycles. The van der Waals surface area contributed by atoms with Crippen LogP contribution in [0.3, 0.4) is 0 Å². The molecule has 1 aliphatic carbocycles. The highest BCUT2D eigenvalue weighted by molar-refractivity contribution is 7.99. The van der Waals surface area contributed by atoms with Crippen LogP contribution in [0.15, 0.2) is 24.3 Å². The first-order valence-electron chi connectivity index (χ1n) is 9.36. The number of halogens is 1. The summed E-state index contributed by atoms with van der Waals surface area (Å²) in [5, 5.41) is 15.4. The van der Waals surface area contributed by atoms with Crippen molar-refractivity contribution in [2.24, 2.45) is 0 Å². The van der Waals surface area contributed by atoms with Gasteiger partial charge < -0.3 is 10.6 Å². The first-order chi connectivity index (χ1) is 13.6. The van der Waals surface area contributed by atoms with Crippen LogP contribution in [-0.2, 0) is 10.5 Å². The van der Waals surface area contributed by atoms with Crippen molar-refractivity contribution < 1.29 is 9.59 Å². The van der Waals surface area contributed by atoms with Crippen LogP contribution in [0.1, 0.15) is 53.3 Å². The van der Waals surface area contributed by atoms with Crippen LogP contribution in [0.25, 0.3) is 0 Å². The Kier molecular flexibility index (Phi) is 8.12. The molecule has 150 valence electrons. The lowest BCUT2D eigenvalue weighted by molar-refractivity contribution is -0.119. The van der Waals surface area contributed by atoms with Crippen molar-refractivity contribution in [2.45, 2.75) is 50.3 Å². The number of benzene rings is 1. The molecule has 2 amide bonds. The largest absolute Gasteiger partial charge is 0.353 e. The predicted molar refractivity (Wildman–Crippen MR) is 115 cm³/mol. The second-order valence-corrected chi connectivity index (χ2v) is 9.20. The number of hydrogen-bond acceptors (Lipinski definition) is 6. The minimum absolute atomic E-state index is 0.0698. The molecule has 1 aliphatic rings. The van der Waals surface area contributed by atoms with E-state index in [0.29, 0.717) is 33.3 Å². The lowest BCUT2D eigenvalue weighted by Crippen LogP contribution is -2.35. The van der Waals surface area contributed by atoms with E-state index >= 15 is 0 Å². The number of aromatic nitrogens is 2. The van der Waals surface area contributed by atoms with Gasteiger partial charge in [0.15, 0.2) is 0 Å². The van der Waals surface area contributed by atoms with Gasteiger partial charge in [-0.1, -0.05) is 54.7 Å². The molecule has 0 aliphatic heterocycles. The Balaban J connectivity index is 1.41. The van der Waals surface area contributed by atoms with Gasteiger partial charge in [0.1, 0.15) is 5.01 Å². The second-order valence-electron chi connectivity index (χ2n) is 6.71. The van der Waals surface area contributed by atoms with E-state index in [4.69, 9.17) is 11.6 Å². The average Bonchev–Trinajstić information content (AvgIpc) is 2.99. The summed E-state index contributed by atoms with van der Waals surface area (Å²) in [6.45, 7) is 0. The Morgan fingerprint density at radius 3 is 2.71 bits per heavy atom. The smallest absolute Gasteiger partial charge is 0.286 e. The third-order valence-electron chi connectivity index (χ3n) is 4.42. The summed E-state index contributed by atoms with van der Waals surface area (Å²) in [6, 6.07) is 7.25. The van der Waals surface area contributed by atoms with Crippen molar-refractivity contribution in [3.8, 4) is 0 Å². The van der Waals surface area contributed by atoms with Gasteiger partial charge in [0.25, 0.3) is 5.91 Å². The number of rotatable bonds is 7. The highest BCUT2D eigenvalue weighted by Gasteiger charge is 2.16. The number of thioether (sulfide) groups is 1. The Bertz CT molecular complexity index is 807. The van der Waals surface area contributed by atoms with Crippen LogP contribution >= 0.6 is 34.7 Å². The van der Waals surface area contributed by atoms with E-state index in [0.717, 1.165) is 17.8 Å². The molecular weight excluding hydrogens is 416 g/mol. The minimum atomic E-state index is -0.317. The lowest BCUT2D eigenvalue weighted by Gasteiger charge is -2.15. The Hall–Kier alpha value is -1.64. The van der Waals surface area contributed by atoms with Gasteiger partial charge in [-0.15, -0.1) is 22.0 Å². The first kappa shape index (κ1) is 21.1. The fourth-order valence-corrected chi connectivity index (χ4v) is 4.89. The number of carbonyl (C=O) groups is 2. The quantitative estimate of drug-likeness (QED) is 0.621. The van der Waals surface area contributed by atoms with Crippen molar-refractivity contribution in [3.05, 3.63) is 39.3 Å². The molecule has 2 aromatic rings. The summed E-state index contributed by atoms with van der Waals surface area (Å²) in [5.41, 5.74) is 0.610. The number of nitrogens with one attached hydrogen (secondary N) is 2. The van der Waals surface area contributed by atoms with Crippen molar-refractivity contribution in [1.82, 2.24) is 15.5 Å². The van der Waals surface area contributed by atoms with E-state index < -0.39 is 0 Å². The monoisotopic (exact) mass is 438 g/mol. The Morgan fingerprint density at radius 1 is 1.18 bits per heavy atom. The third kappa shape index (κ3) is 6.76. The third-order valence-corrected chi connectivity index (χ3v) is 6.71. The highest BCUT2D eigenvalue weighted by atomic mass is 35.5. The molecule has 0 spiro atoms. The summed E-state index contributed by atoms with van der Waals surface area (Å²) in [5.74, 6) is 0.697. The normalized spacial score (nSPS) is 15.0. The maximum atomic E-state index is 12.3. The van der Waals surface area contributed by atoms with Crippen molar-refractivity contribution in [3.63, 3.8) is 0 Å². The molecule has 0 radical (unpaired) electrons. The number of hydrogen-bond donors (Lipinski definition) is 2. The number of carbonyl (C=O) groups excluding carboxylic acids is 2. The predicted octanol–water partition coefficient (Wildman–Crippen LogP) is 4.52. The van der Waals surface area contributed by atoms with Crippen molar-refractivity contribution >= 4 is 52.2 Å². The summed E-state index contributed by atoms with van der Waals surface area (Å²) in [7, 11) is 0. The molecule has 1 heterocycles. The summed E-state index contributed by atoms with van der Waals surface area (Å²) >= 11 is 8.64. The van der Waals surface area contributed by atoms with Crippen LogP contribution in [-0.4, -0.2) is 33.8 Å². The van der Waals surface area contributed by atoms with Crippen LogP contribution < -0.4 is 10.6 Å². The van der Waals surface area contributed by atoms with Gasteiger partial charge in [-0.2, -0.15) is 0 Å². The topological polar surface area (TPSA) is 84.0 Å². The molecule has 9 heteroatoms. The minimum Gasteiger partial charge on any atom is -0.353 e. The highest BCUT2D eigenvalue weighted by Crippen LogP contribution is 2.20. The maximum Gasteiger partial charge on any atom is 0.286 e. The van der Waals surface area contributed by atoms with E-state index in [2.05, 4.69) is 20.8 Å².